The molecule has 2 saturated carbocycles. The van der Waals surface area contributed by atoms with Crippen molar-refractivity contribution in [3.63, 3.8) is 0 Å². The molecule has 5 atom stereocenters. The van der Waals surface area contributed by atoms with Crippen LogP contribution in [0.15, 0.2) is 67.4 Å². The molecule has 2 aliphatic carbocycles. The maximum atomic E-state index is 14.5. The van der Waals surface area contributed by atoms with Crippen molar-refractivity contribution in [3.8, 4) is 17.4 Å². The molecule has 2 aromatic carbocycles. The Kier molecular flexibility index (Phi) is 17.1. The number of allylic oxidation sites excluding steroid dienone is 1. The molecule has 6 rings (SSSR count). The van der Waals surface area contributed by atoms with E-state index < -0.39 is 122 Å². The zero-order valence-electron chi connectivity index (χ0n) is 41.5. The third-order valence-corrected chi connectivity index (χ3v) is 13.5. The number of esters is 1. The Bertz CT molecular complexity index is 2740. The predicted molar refractivity (Wildman–Crippen MR) is 248 cm³/mol. The van der Waals surface area contributed by atoms with E-state index in [0.717, 1.165) is 29.7 Å². The monoisotopic (exact) mass is 1070 g/mol. The highest BCUT2D eigenvalue weighted by atomic mass is 32.2. The number of rotatable bonds is 18. The van der Waals surface area contributed by atoms with Gasteiger partial charge in [-0.2, -0.15) is 34.8 Å². The first-order valence-corrected chi connectivity index (χ1v) is 24.2. The van der Waals surface area contributed by atoms with Crippen LogP contribution in [0.5, 0.6) is 17.4 Å². The standard InChI is InChI=1S/C37H46F3N3O10S.C11H10F3NO5/c1-8-22-18-36(22,33(47)42-54(48,49)53-23-9-10-23)19-29(44)28-16-25(51-31-26-12-11-24(50-7)15-21(26)13-14-41-31)20-43(28)32(46)27(34(2,3)4)17-30(45)52-35(5,6)37(38,39)40;1-10(2,11(12,13)14)20-9(16)19-8-5-3-7(4-6-8)15(17)18/h8,11-15,22-23,25,27-28H,1,9-10,16-20H2,2-7H3,(H,42,47);3-6H,1-2H3/t22-,25-,27-,28+,36-;/m1./s1. The van der Waals surface area contributed by atoms with E-state index in [4.69, 9.17) is 18.4 Å². The highest BCUT2D eigenvalue weighted by molar-refractivity contribution is 7.85. The first-order valence-electron chi connectivity index (χ1n) is 22.8. The number of benzene rings is 2. The molecule has 1 aliphatic heterocycles. The van der Waals surface area contributed by atoms with Gasteiger partial charge in [0.1, 0.15) is 17.6 Å². The number of nitrogens with zero attached hydrogens (tertiary/aromatic N) is 3. The average molecular weight is 1080 g/mol. The fourth-order valence-corrected chi connectivity index (χ4v) is 8.70. The van der Waals surface area contributed by atoms with Crippen molar-refractivity contribution >= 4 is 56.5 Å². The number of aromatic nitrogens is 1. The van der Waals surface area contributed by atoms with E-state index in [9.17, 15) is 68.8 Å². The molecular formula is C48H56F6N4O15S. The number of alkyl halides is 6. The SMILES string of the molecule is C=C[C@@H]1C[C@]1(CC(=O)[C@@H]1C[C@@H](Oc2nccc3cc(OC)ccc23)CN1C(=O)[C@@H](CC(=O)OC(C)(C)C(F)(F)F)C(C)(C)C)C(=O)NS(=O)(=O)OC1CC1.CC(C)(OC(=O)Oc1ccc([N+](=O)[O-])cc1)C(F)(F)F. The van der Waals surface area contributed by atoms with Gasteiger partial charge in [0, 0.05) is 36.6 Å². The number of nitrogens with one attached hydrogen (secondary N) is 1. The van der Waals surface area contributed by atoms with Gasteiger partial charge in [-0.15, -0.1) is 6.58 Å². The number of hydrogen-bond donors (Lipinski definition) is 1. The van der Waals surface area contributed by atoms with Gasteiger partial charge < -0.3 is 28.6 Å². The Balaban J connectivity index is 0.000000425. The van der Waals surface area contributed by atoms with E-state index in [2.05, 4.69) is 21.0 Å². The lowest BCUT2D eigenvalue weighted by Crippen LogP contribution is -2.49. The van der Waals surface area contributed by atoms with E-state index in [1.807, 2.05) is 4.72 Å². The van der Waals surface area contributed by atoms with Crippen molar-refractivity contribution in [1.82, 2.24) is 14.6 Å². The van der Waals surface area contributed by atoms with Crippen LogP contribution in [0.2, 0.25) is 0 Å². The van der Waals surface area contributed by atoms with Crippen LogP contribution >= 0.6 is 0 Å². The number of fused-ring (bicyclic) bond motifs is 1. The lowest BCUT2D eigenvalue weighted by molar-refractivity contribution is -0.384. The van der Waals surface area contributed by atoms with Crippen LogP contribution in [0.25, 0.3) is 10.8 Å². The van der Waals surface area contributed by atoms with E-state index in [-0.39, 0.29) is 36.7 Å². The molecular weight excluding hydrogens is 1020 g/mol. The largest absolute Gasteiger partial charge is 0.514 e. The van der Waals surface area contributed by atoms with Crippen LogP contribution in [0, 0.1) is 32.8 Å². The van der Waals surface area contributed by atoms with Gasteiger partial charge in [-0.05, 0) is 100 Å². The number of nitro groups is 1. The minimum atomic E-state index is -4.88. The number of methoxy groups -OCH3 is 1. The number of pyridine rings is 1. The number of likely N-dealkylation sites (tertiary alicyclic amines) is 1. The maximum Gasteiger partial charge on any atom is 0.514 e. The van der Waals surface area contributed by atoms with Crippen molar-refractivity contribution in [1.29, 1.82) is 0 Å². The van der Waals surface area contributed by atoms with Gasteiger partial charge in [-0.3, -0.25) is 33.5 Å². The second-order valence-corrected chi connectivity index (χ2v) is 21.3. The van der Waals surface area contributed by atoms with Crippen molar-refractivity contribution in [2.24, 2.45) is 22.7 Å². The molecule has 1 saturated heterocycles. The minimum Gasteiger partial charge on any atom is -0.497 e. The number of hydrogen-bond acceptors (Lipinski definition) is 16. The first-order chi connectivity index (χ1) is 34.0. The summed E-state index contributed by atoms with van der Waals surface area (Å²) in [6.45, 7) is 11.2. The van der Waals surface area contributed by atoms with Crippen LogP contribution in [0.4, 0.5) is 36.8 Å². The molecule has 3 fully saturated rings. The van der Waals surface area contributed by atoms with E-state index in [1.54, 1.807) is 45.0 Å². The summed E-state index contributed by atoms with van der Waals surface area (Å²) >= 11 is 0. The van der Waals surface area contributed by atoms with Crippen molar-refractivity contribution in [3.05, 3.63) is 77.5 Å². The topological polar surface area (TPSA) is 246 Å². The van der Waals surface area contributed by atoms with E-state index in [1.165, 1.54) is 24.3 Å². The molecule has 2 amide bonds. The van der Waals surface area contributed by atoms with Gasteiger partial charge in [-0.25, -0.2) is 14.5 Å². The molecule has 1 N–H and O–H groups in total. The molecule has 3 aromatic rings. The van der Waals surface area contributed by atoms with Gasteiger partial charge in [0.25, 0.3) is 5.69 Å². The van der Waals surface area contributed by atoms with Crippen LogP contribution < -0.4 is 18.9 Å². The zero-order chi connectivity index (χ0) is 55.6. The molecule has 406 valence electrons. The number of halogens is 6. The molecule has 0 unspecified atom stereocenters. The summed E-state index contributed by atoms with van der Waals surface area (Å²) in [4.78, 5) is 81.8. The van der Waals surface area contributed by atoms with Gasteiger partial charge in [0.15, 0.2) is 5.78 Å². The Morgan fingerprint density at radius 1 is 0.905 bits per heavy atom. The molecule has 0 bridgehead atoms. The van der Waals surface area contributed by atoms with Crippen molar-refractivity contribution in [2.75, 3.05) is 13.7 Å². The molecule has 0 radical (unpaired) electrons. The molecule has 1 aromatic heterocycles. The highest BCUT2D eigenvalue weighted by Crippen LogP contribution is 2.57. The predicted octanol–water partition coefficient (Wildman–Crippen LogP) is 8.67. The second-order valence-electron chi connectivity index (χ2n) is 20.0. The Morgan fingerprint density at radius 3 is 2.03 bits per heavy atom. The summed E-state index contributed by atoms with van der Waals surface area (Å²) in [7, 11) is -2.93. The summed E-state index contributed by atoms with van der Waals surface area (Å²) in [5.74, 6) is -4.66. The third-order valence-electron chi connectivity index (χ3n) is 12.5. The van der Waals surface area contributed by atoms with Crippen LogP contribution in [-0.2, 0) is 43.1 Å². The Morgan fingerprint density at radius 2 is 1.50 bits per heavy atom. The number of ether oxygens (including phenoxy) is 5. The van der Waals surface area contributed by atoms with Gasteiger partial charge >= 0.3 is 34.8 Å². The fourth-order valence-electron chi connectivity index (χ4n) is 7.67. The normalized spacial score (nSPS) is 20.5. The van der Waals surface area contributed by atoms with Crippen LogP contribution in [0.3, 0.4) is 0 Å². The molecule has 3 aliphatic rings. The molecule has 74 heavy (non-hydrogen) atoms. The number of carbonyl (C=O) groups is 5. The minimum absolute atomic E-state index is 0.0687. The Labute approximate surface area is 421 Å². The van der Waals surface area contributed by atoms with Crippen LogP contribution in [0.1, 0.15) is 87.0 Å². The number of ketones is 1. The highest BCUT2D eigenvalue weighted by Gasteiger charge is 2.61. The molecule has 2 heterocycles. The summed E-state index contributed by atoms with van der Waals surface area (Å²) in [5.41, 5.74) is -8.26. The van der Waals surface area contributed by atoms with E-state index in [0.29, 0.717) is 51.7 Å². The van der Waals surface area contributed by atoms with E-state index >= 15 is 0 Å². The van der Waals surface area contributed by atoms with Crippen molar-refractivity contribution < 1.29 is 91.5 Å². The number of non-ortho nitro benzene ring substituents is 1. The number of nitro benzene ring substituents is 1. The second kappa shape index (κ2) is 21.7. The molecule has 26 heteroatoms. The lowest BCUT2D eigenvalue weighted by atomic mass is 9.77. The Hall–Kier alpha value is -6.57. The maximum absolute atomic E-state index is 14.5. The zero-order valence-corrected chi connectivity index (χ0v) is 42.3. The lowest BCUT2D eigenvalue weighted by Gasteiger charge is -2.35. The summed E-state index contributed by atoms with van der Waals surface area (Å²) in [5, 5.41) is 11.7. The molecule has 19 nitrogen and oxygen atoms in total. The fraction of sp³-hybridized carbons (Fsp3) is 0.542. The van der Waals surface area contributed by atoms with Crippen molar-refractivity contribution in [2.45, 2.75) is 129 Å². The van der Waals surface area contributed by atoms with Gasteiger partial charge in [0.05, 0.1) is 48.5 Å². The van der Waals surface area contributed by atoms with Gasteiger partial charge in [0.2, 0.25) is 28.9 Å². The smallest absolute Gasteiger partial charge is 0.497 e. The summed E-state index contributed by atoms with van der Waals surface area (Å²) < 4.78 is 135. The van der Waals surface area contributed by atoms with Gasteiger partial charge in [-0.1, -0.05) is 26.8 Å². The average Bonchev–Trinajstić information content (AvgIpc) is 4.19. The number of carbonyl (C=O) groups excluding carboxylic acids is 5. The molecule has 0 spiro atoms. The first kappa shape index (κ1) is 58.3. The van der Waals surface area contributed by atoms with Crippen LogP contribution in [-0.4, -0.2) is 108 Å². The number of Topliss-reactive ketones (excluding diaryl/α,β-unsaturated/α-hetero) is 1. The summed E-state index contributed by atoms with van der Waals surface area (Å²) in [6.07, 6.45) is -9.65. The quantitative estimate of drug-likeness (QED) is 0.0313. The summed E-state index contributed by atoms with van der Waals surface area (Å²) in [6, 6.07) is 9.98. The third kappa shape index (κ3) is 14.4. The number of amides is 2.